The van der Waals surface area contributed by atoms with Crippen LogP contribution in [-0.4, -0.2) is 37.5 Å². The van der Waals surface area contributed by atoms with Crippen molar-refractivity contribution in [1.29, 1.82) is 0 Å². The second kappa shape index (κ2) is 8.65. The molecule has 138 valence electrons. The van der Waals surface area contributed by atoms with Crippen LogP contribution in [0, 0.1) is 0 Å². The topological polar surface area (TPSA) is 41.6 Å². The van der Waals surface area contributed by atoms with Crippen molar-refractivity contribution < 1.29 is 9.53 Å². The Balaban J connectivity index is 1.82. The third-order valence-electron chi connectivity index (χ3n) is 4.46. The first-order valence-corrected chi connectivity index (χ1v) is 9.80. The molecule has 0 aliphatic heterocycles. The molecule has 6 heteroatoms. The van der Waals surface area contributed by atoms with E-state index in [1.54, 1.807) is 6.92 Å². The Morgan fingerprint density at radius 2 is 1.73 bits per heavy atom. The van der Waals surface area contributed by atoms with Gasteiger partial charge in [0.25, 0.3) is 0 Å². The van der Waals surface area contributed by atoms with E-state index in [0.717, 1.165) is 30.9 Å². The molecule has 2 aromatic carbocycles. The lowest BCUT2D eigenvalue weighted by Crippen LogP contribution is -2.27. The van der Waals surface area contributed by atoms with E-state index in [-0.39, 0.29) is 0 Å². The van der Waals surface area contributed by atoms with Gasteiger partial charge in [-0.25, -0.2) is 4.79 Å². The largest absolute Gasteiger partial charge is 0.450 e. The number of halogens is 2. The number of rotatable bonds is 7. The number of nitrogens with one attached hydrogen (secondary N) is 1. The number of carbonyl (C=O) groups is 1. The molecule has 1 aliphatic carbocycles. The lowest BCUT2D eigenvalue weighted by molar-refractivity contribution is 0.168. The Morgan fingerprint density at radius 1 is 1.08 bits per heavy atom. The molecule has 4 nitrogen and oxygen atoms in total. The highest BCUT2D eigenvalue weighted by atomic mass is 35.5. The monoisotopic (exact) mass is 392 g/mol. The summed E-state index contributed by atoms with van der Waals surface area (Å²) in [4.78, 5) is 13.8. The molecule has 0 unspecified atom stereocenters. The Hall–Kier alpha value is -1.91. The van der Waals surface area contributed by atoms with Crippen LogP contribution in [0.15, 0.2) is 36.4 Å². The van der Waals surface area contributed by atoms with Crippen molar-refractivity contribution in [2.75, 3.05) is 41.7 Å². The molecule has 3 rings (SSSR count). The number of nitrogens with zero attached hydrogens (tertiary/aromatic N) is 1. The summed E-state index contributed by atoms with van der Waals surface area (Å²) in [5.41, 5.74) is 6.82. The van der Waals surface area contributed by atoms with Crippen LogP contribution in [0.2, 0.25) is 0 Å². The van der Waals surface area contributed by atoms with E-state index in [2.05, 4.69) is 34.5 Å². The second-order valence-electron chi connectivity index (χ2n) is 6.10. The molecule has 0 fully saturated rings. The molecule has 0 bridgehead atoms. The van der Waals surface area contributed by atoms with Gasteiger partial charge in [0.15, 0.2) is 0 Å². The number of carbonyl (C=O) groups excluding carboxylic acids is 1. The van der Waals surface area contributed by atoms with Gasteiger partial charge in [-0.3, -0.25) is 5.32 Å². The van der Waals surface area contributed by atoms with Crippen molar-refractivity contribution in [3.05, 3.63) is 47.5 Å². The number of hydrogen-bond acceptors (Lipinski definition) is 3. The fourth-order valence-electron chi connectivity index (χ4n) is 3.33. The number of amides is 1. The van der Waals surface area contributed by atoms with E-state index in [4.69, 9.17) is 27.9 Å². The first kappa shape index (κ1) is 18.9. The van der Waals surface area contributed by atoms with Crippen molar-refractivity contribution in [3.63, 3.8) is 0 Å². The second-order valence-corrected chi connectivity index (χ2v) is 6.86. The zero-order valence-electron chi connectivity index (χ0n) is 14.7. The lowest BCUT2D eigenvalue weighted by Gasteiger charge is -2.23. The lowest BCUT2D eigenvalue weighted by atomic mass is 10.0. The van der Waals surface area contributed by atoms with Crippen molar-refractivity contribution in [3.8, 4) is 11.1 Å². The van der Waals surface area contributed by atoms with Gasteiger partial charge in [0, 0.05) is 36.2 Å². The Labute approximate surface area is 164 Å². The van der Waals surface area contributed by atoms with Gasteiger partial charge in [0.1, 0.15) is 0 Å². The molecule has 26 heavy (non-hydrogen) atoms. The standard InChI is InChI=1S/C20H22Cl2N2O2/c1-2-26-20(25)23-16-3-5-18-14(12-16)11-15-13-17(4-6-19(15)18)24(9-7-21)10-8-22/h3-6,12-13H,2,7-11H2,1H3,(H,23,25). The molecule has 0 saturated heterocycles. The maximum atomic E-state index is 11.6. The summed E-state index contributed by atoms with van der Waals surface area (Å²) in [6, 6.07) is 12.5. The third kappa shape index (κ3) is 4.08. The fraction of sp³-hybridized carbons (Fsp3) is 0.350. The van der Waals surface area contributed by atoms with E-state index in [1.807, 2.05) is 12.1 Å². The molecule has 1 N–H and O–H groups in total. The minimum Gasteiger partial charge on any atom is -0.450 e. The number of anilines is 2. The summed E-state index contributed by atoms with van der Waals surface area (Å²) in [7, 11) is 0. The molecule has 0 aromatic heterocycles. The van der Waals surface area contributed by atoms with Gasteiger partial charge in [-0.05, 0) is 59.9 Å². The molecule has 0 saturated carbocycles. The SMILES string of the molecule is CCOC(=O)Nc1ccc2c(c1)Cc1cc(N(CCCl)CCCl)ccc1-2. The Bertz CT molecular complexity index is 789. The van der Waals surface area contributed by atoms with Gasteiger partial charge in [0.05, 0.1) is 6.61 Å². The predicted molar refractivity (Wildman–Crippen MR) is 109 cm³/mol. The number of benzene rings is 2. The maximum absolute atomic E-state index is 11.6. The molecule has 0 heterocycles. The fourth-order valence-corrected chi connectivity index (χ4v) is 3.74. The normalized spacial score (nSPS) is 11.7. The molecule has 2 aromatic rings. The van der Waals surface area contributed by atoms with Crippen molar-refractivity contribution in [2.24, 2.45) is 0 Å². The average molecular weight is 393 g/mol. The maximum Gasteiger partial charge on any atom is 0.411 e. The van der Waals surface area contributed by atoms with Gasteiger partial charge >= 0.3 is 6.09 Å². The summed E-state index contributed by atoms with van der Waals surface area (Å²) >= 11 is 11.8. The third-order valence-corrected chi connectivity index (χ3v) is 4.80. The summed E-state index contributed by atoms with van der Waals surface area (Å²) in [5.74, 6) is 1.13. The number of alkyl halides is 2. The van der Waals surface area contributed by atoms with Crippen LogP contribution in [0.25, 0.3) is 11.1 Å². The quantitative estimate of drug-likeness (QED) is 0.567. The van der Waals surface area contributed by atoms with Gasteiger partial charge in [-0.1, -0.05) is 12.1 Å². The van der Waals surface area contributed by atoms with Crippen molar-refractivity contribution in [1.82, 2.24) is 0 Å². The van der Waals surface area contributed by atoms with Crippen LogP contribution in [0.3, 0.4) is 0 Å². The molecule has 1 amide bonds. The first-order chi connectivity index (χ1) is 12.7. The minimum atomic E-state index is -0.428. The predicted octanol–water partition coefficient (Wildman–Crippen LogP) is 5.11. The first-order valence-electron chi connectivity index (χ1n) is 8.73. The Kier molecular flexibility index (Phi) is 6.28. The van der Waals surface area contributed by atoms with E-state index >= 15 is 0 Å². The van der Waals surface area contributed by atoms with Gasteiger partial charge in [-0.15, -0.1) is 23.2 Å². The molecule has 1 aliphatic rings. The van der Waals surface area contributed by atoms with Crippen LogP contribution in [-0.2, 0) is 11.2 Å². The summed E-state index contributed by atoms with van der Waals surface area (Å²) in [5, 5.41) is 2.76. The summed E-state index contributed by atoms with van der Waals surface area (Å²) in [6.07, 6.45) is 0.412. The van der Waals surface area contributed by atoms with Gasteiger partial charge in [0.2, 0.25) is 0 Å². The van der Waals surface area contributed by atoms with Crippen LogP contribution in [0.1, 0.15) is 18.1 Å². The molecule has 0 spiro atoms. The highest BCUT2D eigenvalue weighted by Gasteiger charge is 2.20. The summed E-state index contributed by atoms with van der Waals surface area (Å²) in [6.45, 7) is 3.68. The summed E-state index contributed by atoms with van der Waals surface area (Å²) < 4.78 is 4.94. The molecular weight excluding hydrogens is 371 g/mol. The van der Waals surface area contributed by atoms with Gasteiger partial charge < -0.3 is 9.64 Å². The van der Waals surface area contributed by atoms with Crippen LogP contribution < -0.4 is 10.2 Å². The molecule has 0 atom stereocenters. The smallest absolute Gasteiger partial charge is 0.411 e. The zero-order chi connectivity index (χ0) is 18.5. The minimum absolute atomic E-state index is 0.353. The average Bonchev–Trinajstić information content (AvgIpc) is 2.98. The molecular formula is C20H22Cl2N2O2. The highest BCUT2D eigenvalue weighted by Crippen LogP contribution is 2.39. The number of fused-ring (bicyclic) bond motifs is 3. The zero-order valence-corrected chi connectivity index (χ0v) is 16.2. The van der Waals surface area contributed by atoms with E-state index in [9.17, 15) is 4.79 Å². The number of ether oxygens (including phenoxy) is 1. The van der Waals surface area contributed by atoms with Crippen LogP contribution in [0.4, 0.5) is 16.2 Å². The van der Waals surface area contributed by atoms with Crippen LogP contribution in [0.5, 0.6) is 0 Å². The van der Waals surface area contributed by atoms with E-state index in [0.29, 0.717) is 18.4 Å². The Morgan fingerprint density at radius 3 is 2.38 bits per heavy atom. The van der Waals surface area contributed by atoms with Gasteiger partial charge in [-0.2, -0.15) is 0 Å². The highest BCUT2D eigenvalue weighted by molar-refractivity contribution is 6.18. The van der Waals surface area contributed by atoms with Crippen LogP contribution >= 0.6 is 23.2 Å². The van der Waals surface area contributed by atoms with Crippen molar-refractivity contribution in [2.45, 2.75) is 13.3 Å². The number of hydrogen-bond donors (Lipinski definition) is 1. The van der Waals surface area contributed by atoms with Crippen molar-refractivity contribution >= 4 is 40.7 Å². The van der Waals surface area contributed by atoms with E-state index in [1.165, 1.54) is 22.3 Å². The van der Waals surface area contributed by atoms with E-state index < -0.39 is 6.09 Å². The molecule has 0 radical (unpaired) electrons.